The summed E-state index contributed by atoms with van der Waals surface area (Å²) in [6, 6.07) is 7.57. The molecule has 1 amide bonds. The Morgan fingerprint density at radius 1 is 1.21 bits per heavy atom. The summed E-state index contributed by atoms with van der Waals surface area (Å²) in [4.78, 5) is 32.2. The largest absolute Gasteiger partial charge is 0.492 e. The average molecular weight is 471 g/mol. The van der Waals surface area contributed by atoms with E-state index in [2.05, 4.69) is 15.3 Å². The number of hydrogen-bond donors (Lipinski definition) is 2. The second-order valence-electron chi connectivity index (χ2n) is 7.29. The van der Waals surface area contributed by atoms with Gasteiger partial charge in [0.25, 0.3) is 11.5 Å². The lowest BCUT2D eigenvalue weighted by Gasteiger charge is -2.13. The van der Waals surface area contributed by atoms with Crippen molar-refractivity contribution >= 4 is 23.0 Å². The van der Waals surface area contributed by atoms with E-state index in [0.29, 0.717) is 5.88 Å². The number of hydrogen-bond acceptors (Lipinski definition) is 5. The van der Waals surface area contributed by atoms with Crippen LogP contribution in [-0.4, -0.2) is 34.5 Å². The molecule has 33 heavy (non-hydrogen) atoms. The molecule has 3 heterocycles. The Labute approximate surface area is 192 Å². The number of amides is 1. The van der Waals surface area contributed by atoms with Crippen LogP contribution in [0.3, 0.4) is 0 Å². The second-order valence-corrected chi connectivity index (χ2v) is 7.70. The highest BCUT2D eigenvalue weighted by molar-refractivity contribution is 6.32. The Morgan fingerprint density at radius 2 is 2.00 bits per heavy atom. The molecule has 0 bridgehead atoms. The van der Waals surface area contributed by atoms with Crippen LogP contribution >= 0.6 is 11.6 Å². The average Bonchev–Trinajstić information content (AvgIpc) is 3.24. The molecule has 8 nitrogen and oxygen atoms in total. The number of ether oxygens (including phenoxy) is 2. The lowest BCUT2D eigenvalue weighted by molar-refractivity contribution is 0.0940. The molecule has 1 atom stereocenters. The molecule has 0 unspecified atom stereocenters. The molecule has 170 valence electrons. The topological polar surface area (TPSA) is 97.7 Å². The lowest BCUT2D eigenvalue weighted by atomic mass is 10.1. The summed E-state index contributed by atoms with van der Waals surface area (Å²) in [5.41, 5.74) is 1.15. The van der Waals surface area contributed by atoms with Crippen LogP contribution in [-0.2, 0) is 0 Å². The Kier molecular flexibility index (Phi) is 6.06. The number of benzene rings is 1. The number of fused-ring (bicyclic) bond motifs is 1. The molecule has 10 heteroatoms. The third-order valence-electron chi connectivity index (χ3n) is 5.22. The van der Waals surface area contributed by atoms with Crippen molar-refractivity contribution in [1.82, 2.24) is 19.7 Å². The van der Waals surface area contributed by atoms with Crippen LogP contribution < -0.4 is 20.3 Å². The molecule has 4 rings (SSSR count). The van der Waals surface area contributed by atoms with Gasteiger partial charge in [-0.15, -0.1) is 0 Å². The highest BCUT2D eigenvalue weighted by Gasteiger charge is 2.18. The highest BCUT2D eigenvalue weighted by Crippen LogP contribution is 2.34. The molecule has 3 aromatic heterocycles. The number of rotatable bonds is 6. The highest BCUT2D eigenvalue weighted by atomic mass is 35.5. The van der Waals surface area contributed by atoms with Crippen molar-refractivity contribution in [3.05, 3.63) is 81.2 Å². The molecule has 0 spiro atoms. The Bertz CT molecular complexity index is 1400. The molecule has 1 aromatic carbocycles. The number of pyridine rings is 1. The first kappa shape index (κ1) is 22.3. The summed E-state index contributed by atoms with van der Waals surface area (Å²) in [5.74, 6) is -0.722. The number of halogens is 2. The fourth-order valence-electron chi connectivity index (χ4n) is 3.45. The first-order valence-corrected chi connectivity index (χ1v) is 10.3. The third kappa shape index (κ3) is 4.27. The summed E-state index contributed by atoms with van der Waals surface area (Å²) in [7, 11) is 2.83. The summed E-state index contributed by atoms with van der Waals surface area (Å²) in [6.45, 7) is 1.82. The summed E-state index contributed by atoms with van der Waals surface area (Å²) in [6.07, 6.45) is 4.65. The van der Waals surface area contributed by atoms with Gasteiger partial charge in [-0.3, -0.25) is 9.59 Å². The maximum Gasteiger partial charge on any atom is 0.272 e. The fourth-order valence-corrected chi connectivity index (χ4v) is 3.67. The number of aromatic amines is 1. The number of nitrogens with one attached hydrogen (secondary N) is 2. The van der Waals surface area contributed by atoms with Gasteiger partial charge in [-0.2, -0.15) is 0 Å². The molecular formula is C23H20ClFN4O4. The SMILES string of the molecule is COc1ccc([C@@H](C)NC(=O)c2cc3c(=O)[nH]c(-c4ccc(Cl)c(OC)c4F)cn3c2)cn1. The number of carbonyl (C=O) groups is 1. The van der Waals surface area contributed by atoms with Gasteiger partial charge in [-0.1, -0.05) is 17.7 Å². The minimum Gasteiger partial charge on any atom is -0.492 e. The van der Waals surface area contributed by atoms with E-state index >= 15 is 0 Å². The molecule has 4 aromatic rings. The minimum atomic E-state index is -0.702. The van der Waals surface area contributed by atoms with E-state index in [-0.39, 0.29) is 45.1 Å². The first-order valence-electron chi connectivity index (χ1n) is 9.90. The van der Waals surface area contributed by atoms with E-state index in [1.807, 2.05) is 6.92 Å². The summed E-state index contributed by atoms with van der Waals surface area (Å²) >= 11 is 5.96. The van der Waals surface area contributed by atoms with Gasteiger partial charge in [0.05, 0.1) is 36.5 Å². The first-order chi connectivity index (χ1) is 15.8. The Hall–Kier alpha value is -3.85. The number of nitrogens with zero attached hydrogens (tertiary/aromatic N) is 2. The Morgan fingerprint density at radius 3 is 2.67 bits per heavy atom. The maximum absolute atomic E-state index is 14.8. The van der Waals surface area contributed by atoms with Crippen molar-refractivity contribution in [2.75, 3.05) is 14.2 Å². The van der Waals surface area contributed by atoms with Gasteiger partial charge in [-0.05, 0) is 30.7 Å². The second kappa shape index (κ2) is 8.95. The van der Waals surface area contributed by atoms with Crippen molar-refractivity contribution in [2.24, 2.45) is 0 Å². The number of methoxy groups -OCH3 is 2. The molecule has 0 aliphatic carbocycles. The molecule has 0 aliphatic heterocycles. The van der Waals surface area contributed by atoms with E-state index in [0.717, 1.165) is 5.56 Å². The quantitative estimate of drug-likeness (QED) is 0.444. The number of aromatic nitrogens is 3. The smallest absolute Gasteiger partial charge is 0.272 e. The number of H-pyrrole nitrogens is 1. The monoisotopic (exact) mass is 470 g/mol. The van der Waals surface area contributed by atoms with Crippen LogP contribution in [0, 0.1) is 5.82 Å². The van der Waals surface area contributed by atoms with Crippen LogP contribution in [0.25, 0.3) is 16.8 Å². The van der Waals surface area contributed by atoms with Gasteiger partial charge in [0.15, 0.2) is 11.6 Å². The van der Waals surface area contributed by atoms with Crippen LogP contribution in [0.15, 0.2) is 53.7 Å². The van der Waals surface area contributed by atoms with E-state index < -0.39 is 11.4 Å². The van der Waals surface area contributed by atoms with Crippen LogP contribution in [0.2, 0.25) is 5.02 Å². The van der Waals surface area contributed by atoms with Crippen molar-refractivity contribution in [3.63, 3.8) is 0 Å². The molecule has 0 radical (unpaired) electrons. The Balaban J connectivity index is 1.64. The standard InChI is InChI=1S/C23H20ClFN4O4/c1-12(13-4-7-19(32-2)26-9-13)27-22(30)14-8-18-23(31)28-17(11-29(18)10-14)15-5-6-16(24)21(33-3)20(15)25/h4-12H,1-3H3,(H,27,30)(H,28,31)/t12-/m1/s1. The van der Waals surface area contributed by atoms with Crippen LogP contribution in [0.4, 0.5) is 4.39 Å². The minimum absolute atomic E-state index is 0.107. The molecule has 0 fully saturated rings. The zero-order chi connectivity index (χ0) is 23.7. The zero-order valence-electron chi connectivity index (χ0n) is 18.0. The normalized spacial score (nSPS) is 11.9. The molecule has 0 saturated carbocycles. The van der Waals surface area contributed by atoms with Gasteiger partial charge >= 0.3 is 0 Å². The van der Waals surface area contributed by atoms with Crippen molar-refractivity contribution in [2.45, 2.75) is 13.0 Å². The molecule has 0 aliphatic rings. The van der Waals surface area contributed by atoms with E-state index in [4.69, 9.17) is 21.1 Å². The van der Waals surface area contributed by atoms with Gasteiger partial charge in [0, 0.05) is 30.2 Å². The molecule has 0 saturated heterocycles. The maximum atomic E-state index is 14.8. The predicted molar refractivity (Wildman–Crippen MR) is 122 cm³/mol. The van der Waals surface area contributed by atoms with Crippen LogP contribution in [0.1, 0.15) is 28.9 Å². The fraction of sp³-hybridized carbons (Fsp3) is 0.174. The summed E-state index contributed by atoms with van der Waals surface area (Å²) < 4.78 is 26.3. The van der Waals surface area contributed by atoms with E-state index in [1.165, 1.54) is 49.2 Å². The zero-order valence-corrected chi connectivity index (χ0v) is 18.7. The molecule has 2 N–H and O–H groups in total. The van der Waals surface area contributed by atoms with Crippen molar-refractivity contribution < 1.29 is 18.7 Å². The molecular weight excluding hydrogens is 451 g/mol. The lowest BCUT2D eigenvalue weighted by Crippen LogP contribution is -2.26. The van der Waals surface area contributed by atoms with Crippen LogP contribution in [0.5, 0.6) is 11.6 Å². The van der Waals surface area contributed by atoms with Gasteiger partial charge in [0.1, 0.15) is 5.52 Å². The van der Waals surface area contributed by atoms with E-state index in [9.17, 15) is 14.0 Å². The predicted octanol–water partition coefficient (Wildman–Crippen LogP) is 3.99. The van der Waals surface area contributed by atoms with E-state index in [1.54, 1.807) is 18.3 Å². The van der Waals surface area contributed by atoms with Crippen molar-refractivity contribution in [3.8, 4) is 22.9 Å². The third-order valence-corrected chi connectivity index (χ3v) is 5.52. The van der Waals surface area contributed by atoms with Gasteiger partial charge in [-0.25, -0.2) is 9.37 Å². The van der Waals surface area contributed by atoms with Gasteiger partial charge < -0.3 is 24.2 Å². The van der Waals surface area contributed by atoms with Crippen molar-refractivity contribution in [1.29, 1.82) is 0 Å². The number of carbonyl (C=O) groups excluding carboxylic acids is 1. The summed E-state index contributed by atoms with van der Waals surface area (Å²) in [5, 5.41) is 2.98. The van der Waals surface area contributed by atoms with Gasteiger partial charge in [0.2, 0.25) is 5.88 Å².